The molecule has 0 radical (unpaired) electrons. The summed E-state index contributed by atoms with van der Waals surface area (Å²) in [5.74, 6) is 0.526. The number of allylic oxidation sites excluding steroid dienone is 2. The van der Waals surface area contributed by atoms with Gasteiger partial charge in [0.2, 0.25) is 0 Å². The molecule has 0 amide bonds. The molecule has 2 aromatic carbocycles. The number of ether oxygens (including phenoxy) is 3. The second-order valence-corrected chi connectivity index (χ2v) is 16.8. The van der Waals surface area contributed by atoms with Gasteiger partial charge in [-0.25, -0.2) is 0 Å². The SMILES string of the molecule is C[C@@H]1CC[C@@H](C(C)(C)c2ccccc2)[C@H](OC(=O)[C@H]2C=C3CCCCC(=C[C@H]2C(=O)O[C@@H]2C[C@H](C)CC[C@H]2C(C)(C)c2ccccc2)O3)C1. The van der Waals surface area contributed by atoms with E-state index in [1.54, 1.807) is 0 Å². The minimum atomic E-state index is -0.794. The molecule has 2 heterocycles. The maximum absolute atomic E-state index is 14.5. The highest BCUT2D eigenvalue weighted by atomic mass is 16.6. The van der Waals surface area contributed by atoms with Crippen LogP contribution in [0, 0.1) is 35.5 Å². The highest BCUT2D eigenvalue weighted by Gasteiger charge is 2.47. The van der Waals surface area contributed by atoms with Gasteiger partial charge in [0.25, 0.3) is 0 Å². The Morgan fingerprint density at radius 2 is 1.00 bits per heavy atom. The fraction of sp³-hybridized carbons (Fsp3) is 0.591. The topological polar surface area (TPSA) is 61.8 Å². The van der Waals surface area contributed by atoms with Crippen LogP contribution in [-0.4, -0.2) is 24.1 Å². The lowest BCUT2D eigenvalue weighted by Gasteiger charge is -2.44. The molecule has 2 bridgehead atoms. The van der Waals surface area contributed by atoms with Gasteiger partial charge in [-0.1, -0.05) is 115 Å². The van der Waals surface area contributed by atoms with E-state index >= 15 is 0 Å². The van der Waals surface area contributed by atoms with Gasteiger partial charge in [0.1, 0.15) is 23.7 Å². The van der Waals surface area contributed by atoms with Crippen molar-refractivity contribution in [2.24, 2.45) is 35.5 Å². The molecule has 2 aliphatic heterocycles. The van der Waals surface area contributed by atoms with Gasteiger partial charge >= 0.3 is 11.9 Å². The van der Waals surface area contributed by atoms with E-state index in [0.29, 0.717) is 11.8 Å². The van der Waals surface area contributed by atoms with Gasteiger partial charge in [-0.05, 0) is 84.5 Å². The first kappa shape index (κ1) is 35.5. The van der Waals surface area contributed by atoms with E-state index in [4.69, 9.17) is 14.2 Å². The van der Waals surface area contributed by atoms with E-state index in [9.17, 15) is 9.59 Å². The average molecular weight is 667 g/mol. The molecule has 2 saturated carbocycles. The molecule has 4 aliphatic rings. The minimum absolute atomic E-state index is 0.167. The predicted octanol–water partition coefficient (Wildman–Crippen LogP) is 10.2. The first-order valence-electron chi connectivity index (χ1n) is 19.0. The molecule has 3 fully saturated rings. The summed E-state index contributed by atoms with van der Waals surface area (Å²) in [7, 11) is 0. The zero-order valence-electron chi connectivity index (χ0n) is 30.7. The second kappa shape index (κ2) is 14.9. The number of carbonyl (C=O) groups excluding carboxylic acids is 2. The summed E-state index contributed by atoms with van der Waals surface area (Å²) in [6.45, 7) is 13.6. The fourth-order valence-corrected chi connectivity index (χ4v) is 9.33. The third kappa shape index (κ3) is 7.86. The van der Waals surface area contributed by atoms with Gasteiger partial charge in [-0.15, -0.1) is 0 Å². The molecule has 5 nitrogen and oxygen atoms in total. The molecule has 8 atom stereocenters. The average Bonchev–Trinajstić information content (AvgIpc) is 3.43. The van der Waals surface area contributed by atoms with Crippen LogP contribution in [0.2, 0.25) is 0 Å². The Hall–Kier alpha value is -3.34. The maximum atomic E-state index is 14.5. The molecule has 49 heavy (non-hydrogen) atoms. The molecule has 5 heteroatoms. The lowest BCUT2D eigenvalue weighted by molar-refractivity contribution is -0.170. The summed E-state index contributed by atoms with van der Waals surface area (Å²) >= 11 is 0. The lowest BCUT2D eigenvalue weighted by Crippen LogP contribution is -2.46. The van der Waals surface area contributed by atoms with Crippen molar-refractivity contribution in [3.05, 3.63) is 95.5 Å². The summed E-state index contributed by atoms with van der Waals surface area (Å²) in [6, 6.07) is 21.2. The van der Waals surface area contributed by atoms with E-state index in [-0.39, 0.29) is 46.8 Å². The molecule has 0 unspecified atom stereocenters. The van der Waals surface area contributed by atoms with Crippen LogP contribution in [-0.2, 0) is 34.6 Å². The van der Waals surface area contributed by atoms with E-state index in [0.717, 1.165) is 75.7 Å². The monoisotopic (exact) mass is 666 g/mol. The summed E-state index contributed by atoms with van der Waals surface area (Å²) in [5, 5.41) is 0. The van der Waals surface area contributed by atoms with Crippen LogP contribution in [0.1, 0.15) is 117 Å². The van der Waals surface area contributed by atoms with Gasteiger partial charge in [-0.2, -0.15) is 0 Å². The Kier molecular flexibility index (Phi) is 10.8. The highest BCUT2D eigenvalue weighted by molar-refractivity contribution is 5.85. The summed E-state index contributed by atoms with van der Waals surface area (Å²) in [6.07, 6.45) is 12.6. The number of hydrogen-bond acceptors (Lipinski definition) is 5. The molecule has 0 aromatic heterocycles. The summed E-state index contributed by atoms with van der Waals surface area (Å²) < 4.78 is 19.5. The highest BCUT2D eigenvalue weighted by Crippen LogP contribution is 2.46. The van der Waals surface area contributed by atoms with Crippen molar-refractivity contribution in [3.8, 4) is 0 Å². The van der Waals surface area contributed by atoms with Crippen molar-refractivity contribution in [1.29, 1.82) is 0 Å². The number of carbonyl (C=O) groups is 2. The molecule has 0 spiro atoms. The molecule has 1 saturated heterocycles. The predicted molar refractivity (Wildman–Crippen MR) is 194 cm³/mol. The number of fused-ring (bicyclic) bond motifs is 2. The first-order chi connectivity index (χ1) is 23.4. The van der Waals surface area contributed by atoms with Crippen LogP contribution in [0.25, 0.3) is 0 Å². The normalized spacial score (nSPS) is 30.8. The standard InChI is InChI=1S/C44H58O5/c1-29-21-23-37(43(3,4)31-15-9-7-10-16-31)39(25-29)48-41(45)35-27-33-19-13-14-20-34(47-33)28-36(35)42(46)49-40-26-30(2)22-24-38(40)44(5,6)32-17-11-8-12-18-32/h7-12,15-18,27-30,35-40H,13-14,19-26H2,1-6H3/t29-,30-,35-,36+,37-,38-,39-,40-/m1/s1. The number of hydrogen-bond donors (Lipinski definition) is 0. The van der Waals surface area contributed by atoms with Gasteiger partial charge in [0.15, 0.2) is 0 Å². The first-order valence-corrected chi connectivity index (χ1v) is 19.0. The Bertz CT molecular complexity index is 1390. The van der Waals surface area contributed by atoms with Crippen LogP contribution in [0.4, 0.5) is 0 Å². The van der Waals surface area contributed by atoms with Crippen molar-refractivity contribution in [2.45, 2.75) is 129 Å². The van der Waals surface area contributed by atoms with E-state index in [1.165, 1.54) is 11.1 Å². The Morgan fingerprint density at radius 3 is 1.39 bits per heavy atom. The van der Waals surface area contributed by atoms with E-state index < -0.39 is 11.8 Å². The smallest absolute Gasteiger partial charge is 0.314 e. The van der Waals surface area contributed by atoms with E-state index in [1.807, 2.05) is 24.3 Å². The van der Waals surface area contributed by atoms with Gasteiger partial charge < -0.3 is 14.2 Å². The zero-order chi connectivity index (χ0) is 34.8. The van der Waals surface area contributed by atoms with Crippen molar-refractivity contribution < 1.29 is 23.8 Å². The molecule has 2 aliphatic carbocycles. The maximum Gasteiger partial charge on any atom is 0.314 e. The molecular formula is C44H58O5. The van der Waals surface area contributed by atoms with Crippen molar-refractivity contribution >= 4 is 11.9 Å². The molecule has 6 rings (SSSR count). The zero-order valence-corrected chi connectivity index (χ0v) is 30.7. The van der Waals surface area contributed by atoms with Crippen LogP contribution >= 0.6 is 0 Å². The van der Waals surface area contributed by atoms with Crippen molar-refractivity contribution in [2.75, 3.05) is 0 Å². The quantitative estimate of drug-likeness (QED) is 0.263. The van der Waals surface area contributed by atoms with Crippen LogP contribution in [0.5, 0.6) is 0 Å². The van der Waals surface area contributed by atoms with Gasteiger partial charge in [-0.3, -0.25) is 9.59 Å². The molecular weight excluding hydrogens is 608 g/mol. The van der Waals surface area contributed by atoms with Crippen LogP contribution in [0.15, 0.2) is 84.3 Å². The largest absolute Gasteiger partial charge is 0.467 e. The lowest BCUT2D eigenvalue weighted by atomic mass is 9.64. The molecule has 0 N–H and O–H groups in total. The summed E-state index contributed by atoms with van der Waals surface area (Å²) in [5.41, 5.74) is 2.16. The number of rotatable bonds is 8. The Balaban J connectivity index is 1.28. The van der Waals surface area contributed by atoms with Crippen molar-refractivity contribution in [3.63, 3.8) is 0 Å². The van der Waals surface area contributed by atoms with Crippen molar-refractivity contribution in [1.82, 2.24) is 0 Å². The van der Waals surface area contributed by atoms with Gasteiger partial charge in [0, 0.05) is 24.7 Å². The van der Waals surface area contributed by atoms with Crippen LogP contribution < -0.4 is 0 Å². The second-order valence-electron chi connectivity index (χ2n) is 16.8. The third-order valence-electron chi connectivity index (χ3n) is 12.6. The summed E-state index contributed by atoms with van der Waals surface area (Å²) in [4.78, 5) is 29.0. The van der Waals surface area contributed by atoms with E-state index in [2.05, 4.69) is 90.1 Å². The minimum Gasteiger partial charge on any atom is -0.467 e. The Morgan fingerprint density at radius 1 is 0.612 bits per heavy atom. The fourth-order valence-electron chi connectivity index (χ4n) is 9.33. The van der Waals surface area contributed by atoms with Crippen LogP contribution in [0.3, 0.4) is 0 Å². The van der Waals surface area contributed by atoms with Gasteiger partial charge in [0.05, 0.1) is 11.8 Å². The molecule has 264 valence electrons. The molecule has 2 aromatic rings. The third-order valence-corrected chi connectivity index (χ3v) is 12.6. The Labute approximate surface area is 294 Å². The number of benzene rings is 2. The number of esters is 2.